The maximum atomic E-state index is 11.9. The van der Waals surface area contributed by atoms with Gasteiger partial charge in [0.25, 0.3) is 0 Å². The first kappa shape index (κ1) is 17.8. The zero-order valence-electron chi connectivity index (χ0n) is 13.6. The summed E-state index contributed by atoms with van der Waals surface area (Å²) < 4.78 is 0. The molecule has 0 bridgehead atoms. The maximum Gasteiger partial charge on any atom is 0.240 e. The third-order valence-corrected chi connectivity index (χ3v) is 4.43. The maximum absolute atomic E-state index is 11.9. The van der Waals surface area contributed by atoms with Crippen molar-refractivity contribution in [1.82, 2.24) is 25.3 Å². The quantitative estimate of drug-likeness (QED) is 0.727. The fourth-order valence-corrected chi connectivity index (χ4v) is 2.78. The molecule has 1 aromatic rings. The van der Waals surface area contributed by atoms with Gasteiger partial charge < -0.3 is 5.32 Å². The van der Waals surface area contributed by atoms with Crippen molar-refractivity contribution < 1.29 is 9.59 Å². The molecule has 2 rings (SSSR count). The summed E-state index contributed by atoms with van der Waals surface area (Å²) in [5.74, 6) is -0.00785. The highest BCUT2D eigenvalue weighted by Crippen LogP contribution is 2.08. The highest BCUT2D eigenvalue weighted by atomic mass is 32.1. The van der Waals surface area contributed by atoms with Gasteiger partial charge in [-0.25, -0.2) is 0 Å². The first-order valence-electron chi connectivity index (χ1n) is 7.87. The van der Waals surface area contributed by atoms with Gasteiger partial charge in [0.1, 0.15) is 5.51 Å². The van der Waals surface area contributed by atoms with Crippen LogP contribution in [0.3, 0.4) is 0 Å². The molecule has 1 aromatic heterocycles. The van der Waals surface area contributed by atoms with Gasteiger partial charge in [-0.1, -0.05) is 18.3 Å². The number of piperazine rings is 1. The monoisotopic (exact) mass is 340 g/mol. The lowest BCUT2D eigenvalue weighted by Gasteiger charge is -2.33. The minimum atomic E-state index is -0.0790. The van der Waals surface area contributed by atoms with Crippen LogP contribution >= 0.6 is 11.3 Å². The summed E-state index contributed by atoms with van der Waals surface area (Å²) in [6.45, 7) is 7.96. The van der Waals surface area contributed by atoms with Crippen LogP contribution in [0.15, 0.2) is 5.51 Å². The van der Waals surface area contributed by atoms with E-state index in [4.69, 9.17) is 0 Å². The summed E-state index contributed by atoms with van der Waals surface area (Å²) in [5, 5.41) is 13.7. The molecule has 23 heavy (non-hydrogen) atoms. The molecule has 8 nitrogen and oxygen atoms in total. The Morgan fingerprint density at radius 1 is 1.22 bits per heavy atom. The lowest BCUT2D eigenvalue weighted by Crippen LogP contribution is -2.51. The number of nitrogens with zero attached hydrogens (tertiary/aromatic N) is 4. The van der Waals surface area contributed by atoms with Crippen molar-refractivity contribution in [3.8, 4) is 0 Å². The molecule has 2 N–H and O–H groups in total. The van der Waals surface area contributed by atoms with Crippen molar-refractivity contribution >= 4 is 28.3 Å². The number of carbonyl (C=O) groups excluding carboxylic acids is 2. The predicted molar refractivity (Wildman–Crippen MR) is 89.3 cm³/mol. The van der Waals surface area contributed by atoms with E-state index in [0.29, 0.717) is 18.2 Å². The van der Waals surface area contributed by atoms with Crippen molar-refractivity contribution in [3.05, 3.63) is 5.51 Å². The number of hydrogen-bond acceptors (Lipinski definition) is 7. The van der Waals surface area contributed by atoms with Gasteiger partial charge in [-0.3, -0.25) is 24.7 Å². The first-order valence-corrected chi connectivity index (χ1v) is 8.75. The van der Waals surface area contributed by atoms with Crippen molar-refractivity contribution in [2.75, 3.05) is 44.6 Å². The smallest absolute Gasteiger partial charge is 0.240 e. The Balaban J connectivity index is 1.65. The molecular formula is C14H24N6O2S. The van der Waals surface area contributed by atoms with Crippen LogP contribution in [0.4, 0.5) is 5.13 Å². The molecule has 0 radical (unpaired) electrons. The van der Waals surface area contributed by atoms with Crippen LogP contribution in [0.25, 0.3) is 0 Å². The normalized spacial score (nSPS) is 17.7. The van der Waals surface area contributed by atoms with Gasteiger partial charge in [-0.15, -0.1) is 10.2 Å². The lowest BCUT2D eigenvalue weighted by molar-refractivity contribution is -0.124. The third kappa shape index (κ3) is 6.20. The topological polar surface area (TPSA) is 90.5 Å². The Hall–Kier alpha value is -1.58. The van der Waals surface area contributed by atoms with Gasteiger partial charge in [0.15, 0.2) is 0 Å². The average molecular weight is 340 g/mol. The molecule has 128 valence electrons. The van der Waals surface area contributed by atoms with Crippen LogP contribution in [0, 0.1) is 0 Å². The number of nitrogens with one attached hydrogen (secondary N) is 2. The largest absolute Gasteiger partial charge is 0.353 e. The molecule has 0 aliphatic carbocycles. The Kier molecular flexibility index (Phi) is 6.87. The molecule has 2 amide bonds. The van der Waals surface area contributed by atoms with Gasteiger partial charge >= 0.3 is 0 Å². The summed E-state index contributed by atoms with van der Waals surface area (Å²) in [4.78, 5) is 28.0. The molecule has 1 aliphatic rings. The number of carbonyl (C=O) groups is 2. The van der Waals surface area contributed by atoms with E-state index in [1.54, 1.807) is 5.51 Å². The molecule has 0 spiro atoms. The molecule has 0 saturated carbocycles. The van der Waals surface area contributed by atoms with Gasteiger partial charge in [-0.2, -0.15) is 0 Å². The highest BCUT2D eigenvalue weighted by Gasteiger charge is 2.21. The fraction of sp³-hybridized carbons (Fsp3) is 0.714. The molecule has 1 atom stereocenters. The van der Waals surface area contributed by atoms with Gasteiger partial charge in [0, 0.05) is 32.2 Å². The second kappa shape index (κ2) is 8.90. The van der Waals surface area contributed by atoms with E-state index in [1.165, 1.54) is 11.3 Å². The minimum absolute atomic E-state index is 0.0711. The van der Waals surface area contributed by atoms with Crippen molar-refractivity contribution in [3.63, 3.8) is 0 Å². The summed E-state index contributed by atoms with van der Waals surface area (Å²) in [5.41, 5.74) is 1.58. The van der Waals surface area contributed by atoms with E-state index >= 15 is 0 Å². The molecule has 1 saturated heterocycles. The molecule has 1 aliphatic heterocycles. The van der Waals surface area contributed by atoms with Crippen LogP contribution in [0.2, 0.25) is 0 Å². The SMILES string of the molecule is CCC(C)NC(=O)CN1CCN(CC(=O)Nc2nncs2)CC1. The summed E-state index contributed by atoms with van der Waals surface area (Å²) in [6, 6.07) is 0.216. The standard InChI is InChI=1S/C14H24N6O2S/c1-3-11(2)16-12(21)8-19-4-6-20(7-5-19)9-13(22)17-14-18-15-10-23-14/h10-11H,3-9H2,1-2H3,(H,16,21)(H,17,18,22). The Bertz CT molecular complexity index is 501. The second-order valence-corrected chi connectivity index (χ2v) is 6.55. The number of anilines is 1. The third-order valence-electron chi connectivity index (χ3n) is 3.83. The zero-order valence-corrected chi connectivity index (χ0v) is 14.4. The zero-order chi connectivity index (χ0) is 16.7. The molecule has 1 unspecified atom stereocenters. The summed E-state index contributed by atoms with van der Waals surface area (Å²) in [7, 11) is 0. The van der Waals surface area contributed by atoms with Crippen LogP contribution in [-0.2, 0) is 9.59 Å². The Morgan fingerprint density at radius 2 is 1.83 bits per heavy atom. The summed E-state index contributed by atoms with van der Waals surface area (Å²) in [6.07, 6.45) is 0.934. The number of hydrogen-bond donors (Lipinski definition) is 2. The second-order valence-electron chi connectivity index (χ2n) is 5.72. The van der Waals surface area contributed by atoms with Crippen LogP contribution < -0.4 is 10.6 Å². The van der Waals surface area contributed by atoms with Gasteiger partial charge in [0.05, 0.1) is 13.1 Å². The molecule has 9 heteroatoms. The average Bonchev–Trinajstić information content (AvgIpc) is 3.01. The predicted octanol–water partition coefficient (Wildman–Crippen LogP) is 0.00890. The van der Waals surface area contributed by atoms with Crippen LogP contribution in [-0.4, -0.2) is 77.1 Å². The van der Waals surface area contributed by atoms with Crippen molar-refractivity contribution in [2.45, 2.75) is 26.3 Å². The highest BCUT2D eigenvalue weighted by molar-refractivity contribution is 7.13. The minimum Gasteiger partial charge on any atom is -0.353 e. The lowest BCUT2D eigenvalue weighted by atomic mass is 10.2. The Labute approximate surface area is 140 Å². The molecular weight excluding hydrogens is 316 g/mol. The van der Waals surface area contributed by atoms with Gasteiger partial charge in [0.2, 0.25) is 16.9 Å². The van der Waals surface area contributed by atoms with E-state index in [9.17, 15) is 9.59 Å². The Morgan fingerprint density at radius 3 is 2.35 bits per heavy atom. The van der Waals surface area contributed by atoms with Crippen LogP contribution in [0.1, 0.15) is 20.3 Å². The number of aromatic nitrogens is 2. The van der Waals surface area contributed by atoms with E-state index in [1.807, 2.05) is 6.92 Å². The van der Waals surface area contributed by atoms with E-state index in [2.05, 4.69) is 37.6 Å². The van der Waals surface area contributed by atoms with Crippen molar-refractivity contribution in [2.24, 2.45) is 0 Å². The molecule has 2 heterocycles. The molecule has 1 fully saturated rings. The number of rotatable bonds is 7. The van der Waals surface area contributed by atoms with E-state index < -0.39 is 0 Å². The van der Waals surface area contributed by atoms with E-state index in [-0.39, 0.29) is 17.9 Å². The van der Waals surface area contributed by atoms with Gasteiger partial charge in [-0.05, 0) is 13.3 Å². The van der Waals surface area contributed by atoms with Crippen molar-refractivity contribution in [1.29, 1.82) is 0 Å². The fourth-order valence-electron chi connectivity index (χ4n) is 2.32. The van der Waals surface area contributed by atoms with Crippen LogP contribution in [0.5, 0.6) is 0 Å². The number of amides is 2. The summed E-state index contributed by atoms with van der Waals surface area (Å²) >= 11 is 1.30. The first-order chi connectivity index (χ1) is 11.1. The molecule has 0 aromatic carbocycles. The van der Waals surface area contributed by atoms with E-state index in [0.717, 1.165) is 32.6 Å².